The lowest BCUT2D eigenvalue weighted by Crippen LogP contribution is -2.23. The Balaban J connectivity index is 3.14. The van der Waals surface area contributed by atoms with Gasteiger partial charge in [0.15, 0.2) is 4.77 Å². The molecule has 1 aromatic heterocycles. The van der Waals surface area contributed by atoms with Gasteiger partial charge in [0.2, 0.25) is 0 Å². The van der Waals surface area contributed by atoms with E-state index in [1.807, 2.05) is 20.8 Å². The van der Waals surface area contributed by atoms with E-state index in [4.69, 9.17) is 12.2 Å². The molecule has 1 unspecified atom stereocenters. The molecule has 0 saturated heterocycles. The van der Waals surface area contributed by atoms with Crippen LogP contribution in [0.2, 0.25) is 0 Å². The van der Waals surface area contributed by atoms with Gasteiger partial charge in [0.1, 0.15) is 0 Å². The number of hydrogen-bond acceptors (Lipinski definition) is 1. The molecular formula is C11H17F3N2S. The van der Waals surface area contributed by atoms with Gasteiger partial charge in [-0.15, -0.1) is 0 Å². The Hall–Kier alpha value is -0.780. The molecule has 1 atom stereocenters. The summed E-state index contributed by atoms with van der Waals surface area (Å²) in [5.74, 6) is 0. The number of alkyl halides is 3. The highest BCUT2D eigenvalue weighted by Gasteiger charge is 2.32. The zero-order valence-corrected chi connectivity index (χ0v) is 11.2. The van der Waals surface area contributed by atoms with Crippen LogP contribution >= 0.6 is 12.2 Å². The van der Waals surface area contributed by atoms with Gasteiger partial charge in [0.05, 0.1) is 6.42 Å². The van der Waals surface area contributed by atoms with Crippen molar-refractivity contribution in [3.63, 3.8) is 0 Å². The van der Waals surface area contributed by atoms with Crippen LogP contribution in [-0.2, 0) is 5.41 Å². The van der Waals surface area contributed by atoms with Crippen molar-refractivity contribution >= 4 is 12.2 Å². The lowest BCUT2D eigenvalue weighted by molar-refractivity contribution is -0.141. The third-order valence-electron chi connectivity index (χ3n) is 2.55. The van der Waals surface area contributed by atoms with Crippen molar-refractivity contribution < 1.29 is 13.2 Å². The lowest BCUT2D eigenvalue weighted by atomic mass is 9.92. The van der Waals surface area contributed by atoms with E-state index < -0.39 is 18.6 Å². The van der Waals surface area contributed by atoms with E-state index in [0.717, 1.165) is 5.69 Å². The molecule has 0 bridgehead atoms. The number of halogens is 3. The van der Waals surface area contributed by atoms with Crippen LogP contribution in [0, 0.1) is 4.77 Å². The fourth-order valence-corrected chi connectivity index (χ4v) is 2.16. The molecule has 1 N–H and O–H groups in total. The van der Waals surface area contributed by atoms with E-state index >= 15 is 0 Å². The van der Waals surface area contributed by atoms with Crippen molar-refractivity contribution in [2.45, 2.75) is 51.7 Å². The van der Waals surface area contributed by atoms with E-state index in [0.29, 0.717) is 4.77 Å². The number of hydrogen-bond donors (Lipinski definition) is 1. The summed E-state index contributed by atoms with van der Waals surface area (Å²) in [6, 6.07) is -0.692. The maximum Gasteiger partial charge on any atom is 0.391 e. The number of nitrogens with zero attached hydrogens (tertiary/aromatic N) is 1. The first-order chi connectivity index (χ1) is 7.52. The van der Waals surface area contributed by atoms with Gasteiger partial charge in [-0.2, -0.15) is 13.2 Å². The molecular weight excluding hydrogens is 249 g/mol. The number of imidazole rings is 1. The van der Waals surface area contributed by atoms with Gasteiger partial charge >= 0.3 is 6.18 Å². The fourth-order valence-electron chi connectivity index (χ4n) is 1.82. The first kappa shape index (κ1) is 14.3. The van der Waals surface area contributed by atoms with Crippen molar-refractivity contribution in [2.75, 3.05) is 0 Å². The van der Waals surface area contributed by atoms with Crippen molar-refractivity contribution in [3.05, 3.63) is 16.7 Å². The third-order valence-corrected chi connectivity index (χ3v) is 2.86. The molecule has 0 aliphatic rings. The van der Waals surface area contributed by atoms with E-state index in [1.54, 1.807) is 10.8 Å². The summed E-state index contributed by atoms with van der Waals surface area (Å²) in [7, 11) is 0. The van der Waals surface area contributed by atoms with E-state index in [2.05, 4.69) is 4.98 Å². The van der Waals surface area contributed by atoms with Gasteiger partial charge in [-0.25, -0.2) is 0 Å². The maximum absolute atomic E-state index is 12.4. The molecule has 0 aliphatic carbocycles. The molecule has 6 heteroatoms. The second-order valence-electron chi connectivity index (χ2n) is 5.27. The minimum absolute atomic E-state index is 0.243. The Morgan fingerprint density at radius 3 is 2.29 bits per heavy atom. The van der Waals surface area contributed by atoms with Crippen LogP contribution in [0.5, 0.6) is 0 Å². The SMILES string of the molecule is CC(CC(F)(F)F)n1c(C(C)(C)C)c[nH]c1=S. The normalized spacial score (nSPS) is 15.0. The van der Waals surface area contributed by atoms with Crippen LogP contribution in [0.3, 0.4) is 0 Å². The highest BCUT2D eigenvalue weighted by atomic mass is 32.1. The summed E-state index contributed by atoms with van der Waals surface area (Å²) in [5.41, 5.74) is 0.548. The number of nitrogens with one attached hydrogen (secondary N) is 1. The topological polar surface area (TPSA) is 20.7 Å². The predicted molar refractivity (Wildman–Crippen MR) is 63.7 cm³/mol. The zero-order chi connectivity index (χ0) is 13.4. The van der Waals surface area contributed by atoms with Crippen molar-refractivity contribution in [2.24, 2.45) is 0 Å². The summed E-state index contributed by atoms with van der Waals surface area (Å²) in [6.07, 6.45) is -3.36. The van der Waals surface area contributed by atoms with Gasteiger partial charge < -0.3 is 9.55 Å². The average molecular weight is 266 g/mol. The van der Waals surface area contributed by atoms with Crippen LogP contribution in [0.4, 0.5) is 13.2 Å². The average Bonchev–Trinajstić information content (AvgIpc) is 2.42. The lowest BCUT2D eigenvalue weighted by Gasteiger charge is -2.25. The molecule has 1 heterocycles. The van der Waals surface area contributed by atoms with Crippen LogP contribution in [-0.4, -0.2) is 15.7 Å². The van der Waals surface area contributed by atoms with Gasteiger partial charge in [-0.05, 0) is 19.1 Å². The summed E-state index contributed by atoms with van der Waals surface area (Å²) in [6.45, 7) is 7.37. The smallest absolute Gasteiger partial charge is 0.337 e. The molecule has 0 fully saturated rings. The minimum atomic E-state index is -4.18. The number of rotatable bonds is 2. The molecule has 0 radical (unpaired) electrons. The Kier molecular flexibility index (Phi) is 3.76. The Morgan fingerprint density at radius 2 is 1.88 bits per heavy atom. The molecule has 2 nitrogen and oxygen atoms in total. The molecule has 0 saturated carbocycles. The third kappa shape index (κ3) is 3.59. The standard InChI is InChI=1S/C11H17F3N2S/c1-7(5-11(12,13)14)16-8(10(2,3)4)6-15-9(16)17/h6-7H,5H2,1-4H3,(H,15,17). The first-order valence-corrected chi connectivity index (χ1v) is 5.80. The molecule has 0 aliphatic heterocycles. The minimum Gasteiger partial charge on any atom is -0.337 e. The summed E-state index contributed by atoms with van der Waals surface area (Å²) in [5, 5.41) is 0. The molecule has 1 aromatic rings. The number of H-pyrrole nitrogens is 1. The monoisotopic (exact) mass is 266 g/mol. The van der Waals surface area contributed by atoms with E-state index in [1.165, 1.54) is 6.92 Å². The maximum atomic E-state index is 12.4. The Labute approximate surface area is 104 Å². The van der Waals surface area contributed by atoms with Gasteiger partial charge in [-0.3, -0.25) is 0 Å². The highest BCUT2D eigenvalue weighted by molar-refractivity contribution is 7.71. The van der Waals surface area contributed by atoms with E-state index in [9.17, 15) is 13.2 Å². The quantitative estimate of drug-likeness (QED) is 0.789. The first-order valence-electron chi connectivity index (χ1n) is 5.39. The van der Waals surface area contributed by atoms with Crippen LogP contribution in [0.15, 0.2) is 6.20 Å². The fraction of sp³-hybridized carbons (Fsp3) is 0.727. The van der Waals surface area contributed by atoms with Gasteiger partial charge in [0, 0.05) is 23.3 Å². The second-order valence-corrected chi connectivity index (χ2v) is 5.65. The Morgan fingerprint density at radius 1 is 1.35 bits per heavy atom. The van der Waals surface area contributed by atoms with Crippen LogP contribution in [0.25, 0.3) is 0 Å². The van der Waals surface area contributed by atoms with Crippen molar-refractivity contribution in [3.8, 4) is 0 Å². The summed E-state index contributed by atoms with van der Waals surface area (Å²) < 4.78 is 39.1. The summed E-state index contributed by atoms with van der Waals surface area (Å²) in [4.78, 5) is 2.82. The van der Waals surface area contributed by atoms with Crippen molar-refractivity contribution in [1.82, 2.24) is 9.55 Å². The van der Waals surface area contributed by atoms with Crippen LogP contribution < -0.4 is 0 Å². The zero-order valence-electron chi connectivity index (χ0n) is 10.4. The highest BCUT2D eigenvalue weighted by Crippen LogP contribution is 2.31. The molecule has 0 amide bonds. The van der Waals surface area contributed by atoms with Gasteiger partial charge in [-0.1, -0.05) is 20.8 Å². The number of aromatic nitrogens is 2. The van der Waals surface area contributed by atoms with Crippen LogP contribution in [0.1, 0.15) is 45.9 Å². The predicted octanol–water partition coefficient (Wildman–Crippen LogP) is 4.36. The number of aromatic amines is 1. The molecule has 98 valence electrons. The Bertz CT molecular complexity index is 437. The second kappa shape index (κ2) is 4.48. The largest absolute Gasteiger partial charge is 0.391 e. The van der Waals surface area contributed by atoms with E-state index in [-0.39, 0.29) is 5.41 Å². The molecule has 0 spiro atoms. The molecule has 1 rings (SSSR count). The molecule has 17 heavy (non-hydrogen) atoms. The van der Waals surface area contributed by atoms with Gasteiger partial charge in [0.25, 0.3) is 0 Å². The summed E-state index contributed by atoms with van der Waals surface area (Å²) >= 11 is 5.05. The molecule has 0 aromatic carbocycles. The van der Waals surface area contributed by atoms with Crippen molar-refractivity contribution in [1.29, 1.82) is 0 Å².